The molecule has 1 aliphatic heterocycles. The van der Waals surface area contributed by atoms with E-state index in [0.717, 1.165) is 25.0 Å². The van der Waals surface area contributed by atoms with Crippen molar-refractivity contribution in [1.29, 1.82) is 0 Å². The van der Waals surface area contributed by atoms with Crippen LogP contribution in [0.25, 0.3) is 0 Å². The first-order chi connectivity index (χ1) is 11.8. The number of guanidine groups is 1. The van der Waals surface area contributed by atoms with Crippen molar-refractivity contribution in [2.24, 2.45) is 10.9 Å². The first kappa shape index (κ1) is 20.5. The highest BCUT2D eigenvalue weighted by atomic mass is 127. The molecular weight excluding hydrogens is 423 g/mol. The number of hydrogen-bond donors (Lipinski definition) is 2. The third-order valence-electron chi connectivity index (χ3n) is 5.67. The first-order valence-corrected chi connectivity index (χ1v) is 9.48. The Morgan fingerprint density at radius 2 is 2.00 bits per heavy atom. The number of halogens is 1. The molecule has 1 saturated carbocycles. The minimum atomic E-state index is 0. The van der Waals surface area contributed by atoms with E-state index in [1.165, 1.54) is 50.9 Å². The quantitative estimate of drug-likeness (QED) is 0.392. The molecule has 3 rings (SSSR count). The lowest BCUT2D eigenvalue weighted by molar-refractivity contribution is 0.183. The maximum absolute atomic E-state index is 4.42. The van der Waals surface area contributed by atoms with Gasteiger partial charge in [-0.1, -0.05) is 37.3 Å². The number of likely N-dealkylation sites (tertiary alicyclic amines) is 1. The highest BCUT2D eigenvalue weighted by Crippen LogP contribution is 2.47. The van der Waals surface area contributed by atoms with Crippen LogP contribution in [0.5, 0.6) is 0 Å². The molecule has 1 aromatic rings. The van der Waals surface area contributed by atoms with Gasteiger partial charge in [-0.15, -0.1) is 24.0 Å². The molecule has 1 atom stereocenters. The van der Waals surface area contributed by atoms with E-state index in [9.17, 15) is 0 Å². The van der Waals surface area contributed by atoms with Crippen molar-refractivity contribution < 1.29 is 0 Å². The second-order valence-electron chi connectivity index (χ2n) is 7.35. The summed E-state index contributed by atoms with van der Waals surface area (Å²) in [5, 5.41) is 7.11. The fraction of sp³-hybridized carbons (Fsp3) is 0.650. The van der Waals surface area contributed by atoms with Crippen molar-refractivity contribution in [3.05, 3.63) is 35.9 Å². The summed E-state index contributed by atoms with van der Waals surface area (Å²) in [5.41, 5.74) is 1.78. The summed E-state index contributed by atoms with van der Waals surface area (Å²) in [6.07, 6.45) is 5.20. The number of aliphatic imine (C=N–C) groups is 1. The van der Waals surface area contributed by atoms with Gasteiger partial charge in [0.25, 0.3) is 0 Å². The Balaban J connectivity index is 0.00000225. The minimum Gasteiger partial charge on any atom is -0.356 e. The molecule has 5 heteroatoms. The van der Waals surface area contributed by atoms with Crippen molar-refractivity contribution in [3.8, 4) is 0 Å². The van der Waals surface area contributed by atoms with Crippen LogP contribution in [0, 0.1) is 5.92 Å². The molecule has 1 saturated heterocycles. The van der Waals surface area contributed by atoms with Crippen LogP contribution >= 0.6 is 24.0 Å². The molecule has 0 amide bonds. The van der Waals surface area contributed by atoms with Crippen molar-refractivity contribution >= 4 is 29.9 Å². The fourth-order valence-corrected chi connectivity index (χ4v) is 3.83. The topological polar surface area (TPSA) is 39.7 Å². The van der Waals surface area contributed by atoms with Gasteiger partial charge in [0, 0.05) is 32.1 Å². The average Bonchev–Trinajstić information content (AvgIpc) is 3.44. The maximum atomic E-state index is 4.42. The Bertz CT molecular complexity index is 542. The standard InChI is InChI=1S/C20H32N4.HI/c1-3-24-13-7-8-17(15-24)14-22-19(21-2)23-16-20(11-12-20)18-9-5-4-6-10-18;/h4-6,9-10,17H,3,7-8,11-16H2,1-2H3,(H2,21,22,23);1H. The van der Waals surface area contributed by atoms with E-state index in [1.807, 2.05) is 7.05 Å². The monoisotopic (exact) mass is 456 g/mol. The second kappa shape index (κ2) is 9.76. The zero-order chi connectivity index (χ0) is 16.8. The number of hydrogen-bond acceptors (Lipinski definition) is 2. The van der Waals surface area contributed by atoms with E-state index in [0.29, 0.717) is 5.41 Å². The highest BCUT2D eigenvalue weighted by molar-refractivity contribution is 14.0. The molecule has 4 nitrogen and oxygen atoms in total. The van der Waals surface area contributed by atoms with E-state index < -0.39 is 0 Å². The van der Waals surface area contributed by atoms with Gasteiger partial charge in [-0.05, 0) is 50.3 Å². The number of piperidine rings is 1. The molecule has 25 heavy (non-hydrogen) atoms. The van der Waals surface area contributed by atoms with E-state index in [1.54, 1.807) is 0 Å². The van der Waals surface area contributed by atoms with Gasteiger partial charge >= 0.3 is 0 Å². The minimum absolute atomic E-state index is 0. The SMILES string of the molecule is CCN1CCCC(CNC(=NC)NCC2(c3ccccc3)CC2)C1.I. The second-order valence-corrected chi connectivity index (χ2v) is 7.35. The number of nitrogens with zero attached hydrogens (tertiary/aromatic N) is 2. The highest BCUT2D eigenvalue weighted by Gasteiger charge is 2.44. The van der Waals surface area contributed by atoms with Crippen molar-refractivity contribution in [2.75, 3.05) is 39.8 Å². The van der Waals surface area contributed by atoms with Crippen LogP contribution < -0.4 is 10.6 Å². The fourth-order valence-electron chi connectivity index (χ4n) is 3.83. The number of rotatable bonds is 6. The van der Waals surface area contributed by atoms with Crippen LogP contribution in [-0.2, 0) is 5.41 Å². The Morgan fingerprint density at radius 3 is 2.64 bits per heavy atom. The van der Waals surface area contributed by atoms with E-state index in [2.05, 4.69) is 57.8 Å². The first-order valence-electron chi connectivity index (χ1n) is 9.48. The smallest absolute Gasteiger partial charge is 0.191 e. The van der Waals surface area contributed by atoms with Gasteiger partial charge in [-0.2, -0.15) is 0 Å². The Morgan fingerprint density at radius 1 is 1.24 bits per heavy atom. The van der Waals surface area contributed by atoms with Crippen molar-refractivity contribution in [2.45, 2.75) is 38.0 Å². The van der Waals surface area contributed by atoms with Gasteiger partial charge in [0.05, 0.1) is 0 Å². The molecule has 1 aliphatic carbocycles. The molecule has 2 aliphatic rings. The molecule has 1 unspecified atom stereocenters. The normalized spacial score (nSPS) is 22.8. The predicted molar refractivity (Wildman–Crippen MR) is 117 cm³/mol. The summed E-state index contributed by atoms with van der Waals surface area (Å²) >= 11 is 0. The van der Waals surface area contributed by atoms with Crippen molar-refractivity contribution in [3.63, 3.8) is 0 Å². The van der Waals surface area contributed by atoms with Crippen LogP contribution in [0.3, 0.4) is 0 Å². The van der Waals surface area contributed by atoms with E-state index in [-0.39, 0.29) is 24.0 Å². The lowest BCUT2D eigenvalue weighted by atomic mass is 9.96. The van der Waals surface area contributed by atoms with Crippen molar-refractivity contribution in [1.82, 2.24) is 15.5 Å². The zero-order valence-corrected chi connectivity index (χ0v) is 18.0. The molecular formula is C20H33IN4. The Kier molecular flexibility index (Phi) is 8.00. The third-order valence-corrected chi connectivity index (χ3v) is 5.67. The van der Waals surface area contributed by atoms with Gasteiger partial charge in [-0.25, -0.2) is 0 Å². The van der Waals surface area contributed by atoms with E-state index >= 15 is 0 Å². The van der Waals surface area contributed by atoms with Crippen LogP contribution in [0.4, 0.5) is 0 Å². The molecule has 1 heterocycles. The van der Waals surface area contributed by atoms with Gasteiger partial charge in [0.2, 0.25) is 0 Å². The van der Waals surface area contributed by atoms with Crippen LogP contribution in [0.2, 0.25) is 0 Å². The van der Waals surface area contributed by atoms with Gasteiger partial charge < -0.3 is 15.5 Å². The average molecular weight is 456 g/mol. The summed E-state index contributed by atoms with van der Waals surface area (Å²) in [7, 11) is 1.87. The summed E-state index contributed by atoms with van der Waals surface area (Å²) < 4.78 is 0. The summed E-state index contributed by atoms with van der Waals surface area (Å²) in [5.74, 6) is 1.69. The summed E-state index contributed by atoms with van der Waals surface area (Å²) in [6.45, 7) is 7.91. The maximum Gasteiger partial charge on any atom is 0.191 e. The number of nitrogens with one attached hydrogen (secondary N) is 2. The predicted octanol–water partition coefficient (Wildman–Crippen LogP) is 3.23. The molecule has 2 N–H and O–H groups in total. The molecule has 0 aromatic heterocycles. The van der Waals surface area contributed by atoms with Crippen LogP contribution in [0.1, 0.15) is 38.2 Å². The largest absolute Gasteiger partial charge is 0.356 e. The summed E-state index contributed by atoms with van der Waals surface area (Å²) in [4.78, 5) is 6.97. The molecule has 0 spiro atoms. The Hall–Kier alpha value is -0.820. The van der Waals surface area contributed by atoms with Gasteiger partial charge in [0.15, 0.2) is 5.96 Å². The molecule has 0 radical (unpaired) electrons. The zero-order valence-electron chi connectivity index (χ0n) is 15.6. The lowest BCUT2D eigenvalue weighted by Gasteiger charge is -2.32. The van der Waals surface area contributed by atoms with Crippen LogP contribution in [0.15, 0.2) is 35.3 Å². The van der Waals surface area contributed by atoms with E-state index in [4.69, 9.17) is 0 Å². The van der Waals surface area contributed by atoms with Gasteiger partial charge in [0.1, 0.15) is 0 Å². The molecule has 2 fully saturated rings. The summed E-state index contributed by atoms with van der Waals surface area (Å²) in [6, 6.07) is 10.9. The lowest BCUT2D eigenvalue weighted by Crippen LogP contribution is -2.45. The molecule has 140 valence electrons. The van der Waals surface area contributed by atoms with Gasteiger partial charge in [-0.3, -0.25) is 4.99 Å². The number of benzene rings is 1. The Labute approximate surface area is 169 Å². The third kappa shape index (κ3) is 5.58. The molecule has 0 bridgehead atoms. The molecule has 1 aromatic carbocycles. The van der Waals surface area contributed by atoms with Crippen LogP contribution in [-0.4, -0.2) is 50.6 Å².